The van der Waals surface area contributed by atoms with Gasteiger partial charge in [-0.15, -0.1) is 0 Å². The van der Waals surface area contributed by atoms with Crippen LogP contribution in [0.3, 0.4) is 0 Å². The van der Waals surface area contributed by atoms with Crippen LogP contribution in [-0.2, 0) is 6.54 Å². The fourth-order valence-corrected chi connectivity index (χ4v) is 5.14. The van der Waals surface area contributed by atoms with E-state index in [0.29, 0.717) is 24.0 Å². The number of carboxylic acid groups (broad SMARTS) is 1. The van der Waals surface area contributed by atoms with E-state index in [0.717, 1.165) is 30.7 Å². The minimum absolute atomic E-state index is 0.282. The number of amides is 1. The maximum absolute atomic E-state index is 11.6. The Morgan fingerprint density at radius 3 is 2.50 bits per heavy atom. The van der Waals surface area contributed by atoms with Crippen molar-refractivity contribution in [3.05, 3.63) is 23.8 Å². The third-order valence-electron chi connectivity index (χ3n) is 4.64. The monoisotopic (exact) mass is 356 g/mol. The Morgan fingerprint density at radius 1 is 1.29 bits per heavy atom. The van der Waals surface area contributed by atoms with Crippen LogP contribution in [0.15, 0.2) is 18.2 Å². The van der Waals surface area contributed by atoms with E-state index in [4.69, 9.17) is 9.47 Å². The molecule has 0 atom stereocenters. The largest absolute Gasteiger partial charge is 0.497 e. The molecule has 0 bridgehead atoms. The topological polar surface area (TPSA) is 79.2 Å². The van der Waals surface area contributed by atoms with Crippen LogP contribution in [0.4, 0.5) is 4.79 Å². The van der Waals surface area contributed by atoms with Crippen LogP contribution in [0.2, 0.25) is 0 Å². The lowest BCUT2D eigenvalue weighted by Gasteiger charge is -2.36. The summed E-state index contributed by atoms with van der Waals surface area (Å²) < 4.78 is 10.5. The standard InChI is InChI=1S/C17H27NO5P/c1-22-15-5-4-14(16(10-15)23-2)12-18(17(19)20)11-13-6-8-24(3,21)9-7-13/h4-5,10,13,21H,6-9,11-12H2,1-3H3,(H,19,20). The summed E-state index contributed by atoms with van der Waals surface area (Å²) in [5.41, 5.74) is 0.816. The van der Waals surface area contributed by atoms with E-state index in [2.05, 4.69) is 0 Å². The zero-order chi connectivity index (χ0) is 17.7. The number of hydrogen-bond donors (Lipinski definition) is 2. The van der Waals surface area contributed by atoms with E-state index in [1.807, 2.05) is 12.7 Å². The van der Waals surface area contributed by atoms with Crippen molar-refractivity contribution in [2.45, 2.75) is 19.4 Å². The Morgan fingerprint density at radius 2 is 1.96 bits per heavy atom. The Labute approximate surface area is 143 Å². The number of rotatable bonds is 6. The fraction of sp³-hybridized carbons (Fsp3) is 0.588. The molecule has 6 nitrogen and oxygen atoms in total. The highest BCUT2D eigenvalue weighted by atomic mass is 31.2. The van der Waals surface area contributed by atoms with Crippen LogP contribution in [0.5, 0.6) is 11.5 Å². The molecule has 0 spiro atoms. The smallest absolute Gasteiger partial charge is 0.407 e. The van der Waals surface area contributed by atoms with E-state index >= 15 is 0 Å². The van der Waals surface area contributed by atoms with Crippen LogP contribution in [0.1, 0.15) is 18.4 Å². The number of benzene rings is 1. The highest BCUT2D eigenvalue weighted by molar-refractivity contribution is 7.69. The number of hydrogen-bond acceptors (Lipinski definition) is 4. The molecule has 1 heterocycles. The average molecular weight is 356 g/mol. The lowest BCUT2D eigenvalue weighted by Crippen LogP contribution is -2.35. The van der Waals surface area contributed by atoms with Crippen LogP contribution in [-0.4, -0.2) is 60.7 Å². The Hall–Kier alpha value is -1.52. The summed E-state index contributed by atoms with van der Waals surface area (Å²) in [4.78, 5) is 23.2. The van der Waals surface area contributed by atoms with Gasteiger partial charge in [-0.05, 0) is 57.4 Å². The van der Waals surface area contributed by atoms with Gasteiger partial charge in [0.15, 0.2) is 0 Å². The van der Waals surface area contributed by atoms with Gasteiger partial charge < -0.3 is 24.4 Å². The molecule has 1 aliphatic heterocycles. The highest BCUT2D eigenvalue weighted by Crippen LogP contribution is 2.55. The molecule has 0 saturated carbocycles. The molecule has 0 aliphatic carbocycles. The highest BCUT2D eigenvalue weighted by Gasteiger charge is 2.29. The van der Waals surface area contributed by atoms with Crippen LogP contribution in [0.25, 0.3) is 0 Å². The van der Waals surface area contributed by atoms with Gasteiger partial charge in [-0.3, -0.25) is 0 Å². The van der Waals surface area contributed by atoms with Crippen LogP contribution < -0.4 is 9.47 Å². The first-order chi connectivity index (χ1) is 11.3. The second-order valence-electron chi connectivity index (χ2n) is 6.57. The molecule has 2 rings (SSSR count). The molecule has 0 unspecified atom stereocenters. The SMILES string of the molecule is COc1ccc(CN(CC2CC[P](C)(O)CC2)C(=O)O)c(OC)c1. The van der Waals surface area contributed by atoms with Gasteiger partial charge in [0.05, 0.1) is 20.8 Å². The summed E-state index contributed by atoms with van der Waals surface area (Å²) >= 11 is 0. The molecule has 1 radical (unpaired) electrons. The van der Waals surface area contributed by atoms with E-state index in [1.165, 1.54) is 4.90 Å². The van der Waals surface area contributed by atoms with Crippen molar-refractivity contribution >= 4 is 13.6 Å². The fourth-order valence-electron chi connectivity index (χ4n) is 3.07. The lowest BCUT2D eigenvalue weighted by molar-refractivity contribution is 0.131. The molecule has 1 fully saturated rings. The molecule has 7 heteroatoms. The van der Waals surface area contributed by atoms with E-state index in [9.17, 15) is 14.8 Å². The lowest BCUT2D eigenvalue weighted by atomic mass is 10.0. The summed E-state index contributed by atoms with van der Waals surface area (Å²) in [7, 11) is 1.42. The van der Waals surface area contributed by atoms with Crippen molar-refractivity contribution in [2.24, 2.45) is 5.92 Å². The first-order valence-corrected chi connectivity index (χ1v) is 10.7. The number of nitrogens with zero attached hydrogens (tertiary/aromatic N) is 1. The third kappa shape index (κ3) is 4.99. The van der Waals surface area contributed by atoms with Gasteiger partial charge in [-0.1, -0.05) is 0 Å². The quantitative estimate of drug-likeness (QED) is 0.766. The number of carbonyl (C=O) groups is 1. The second-order valence-corrected chi connectivity index (χ2v) is 10.1. The van der Waals surface area contributed by atoms with Crippen molar-refractivity contribution in [3.63, 3.8) is 0 Å². The molecule has 1 amide bonds. The summed E-state index contributed by atoms with van der Waals surface area (Å²) in [6.07, 6.45) is 2.52. The number of ether oxygens (including phenoxy) is 2. The van der Waals surface area contributed by atoms with E-state index < -0.39 is 13.6 Å². The first-order valence-electron chi connectivity index (χ1n) is 8.10. The maximum Gasteiger partial charge on any atom is 0.407 e. The summed E-state index contributed by atoms with van der Waals surface area (Å²) in [5, 5.41) is 9.55. The molecule has 0 aromatic heterocycles. The van der Waals surface area contributed by atoms with Crippen molar-refractivity contribution in [1.82, 2.24) is 4.90 Å². The Kier molecular flexibility index (Phi) is 6.30. The zero-order valence-electron chi connectivity index (χ0n) is 14.6. The maximum atomic E-state index is 11.6. The van der Waals surface area contributed by atoms with Crippen LogP contribution >= 0.6 is 7.49 Å². The summed E-state index contributed by atoms with van der Waals surface area (Å²) in [6.45, 7) is 2.73. The average Bonchev–Trinajstić information content (AvgIpc) is 2.56. The van der Waals surface area contributed by atoms with E-state index in [1.54, 1.807) is 26.4 Å². The minimum Gasteiger partial charge on any atom is -0.497 e. The Bertz CT molecular complexity index is 568. The third-order valence-corrected chi connectivity index (χ3v) is 7.09. The molecule has 2 N–H and O–H groups in total. The number of methoxy groups -OCH3 is 2. The normalized spacial score (nSPS) is 23.6. The zero-order valence-corrected chi connectivity index (χ0v) is 15.5. The van der Waals surface area contributed by atoms with Crippen molar-refractivity contribution in [3.8, 4) is 11.5 Å². The van der Waals surface area contributed by atoms with Gasteiger partial charge in [-0.2, -0.15) is 0 Å². The minimum atomic E-state index is -1.73. The Balaban J connectivity index is 2.05. The van der Waals surface area contributed by atoms with Gasteiger partial charge in [-0.25, -0.2) is 4.79 Å². The molecule has 1 aliphatic rings. The predicted octanol–water partition coefficient (Wildman–Crippen LogP) is 3.15. The van der Waals surface area contributed by atoms with Gasteiger partial charge in [0, 0.05) is 18.2 Å². The summed E-state index contributed by atoms with van der Waals surface area (Å²) in [5.74, 6) is 1.61. The van der Waals surface area contributed by atoms with Crippen molar-refractivity contribution in [1.29, 1.82) is 0 Å². The van der Waals surface area contributed by atoms with Crippen molar-refractivity contribution in [2.75, 3.05) is 39.8 Å². The molecule has 1 aromatic rings. The molecule has 135 valence electrons. The van der Waals surface area contributed by atoms with E-state index in [-0.39, 0.29) is 6.54 Å². The van der Waals surface area contributed by atoms with Gasteiger partial charge >= 0.3 is 6.09 Å². The molecule has 1 aromatic carbocycles. The predicted molar refractivity (Wildman–Crippen MR) is 95.5 cm³/mol. The molecular weight excluding hydrogens is 329 g/mol. The first kappa shape index (κ1) is 18.8. The second kappa shape index (κ2) is 8.04. The molecular formula is C17H27NO5P. The van der Waals surface area contributed by atoms with Crippen molar-refractivity contribution < 1.29 is 24.3 Å². The summed E-state index contributed by atoms with van der Waals surface area (Å²) in [6, 6.07) is 5.41. The molecule has 24 heavy (non-hydrogen) atoms. The van der Waals surface area contributed by atoms with Gasteiger partial charge in [0.2, 0.25) is 0 Å². The van der Waals surface area contributed by atoms with Gasteiger partial charge in [0.25, 0.3) is 0 Å². The molecule has 1 saturated heterocycles. The van der Waals surface area contributed by atoms with Gasteiger partial charge in [0.1, 0.15) is 11.5 Å². The van der Waals surface area contributed by atoms with Crippen LogP contribution in [0, 0.1) is 5.92 Å².